The lowest BCUT2D eigenvalue weighted by Gasteiger charge is -2.21. The summed E-state index contributed by atoms with van der Waals surface area (Å²) in [6, 6.07) is 11.7. The number of hydrogen-bond donors (Lipinski definition) is 1. The molecular formula is C23H24BrN3O3. The number of esters is 1. The molecule has 0 aliphatic rings. The predicted molar refractivity (Wildman–Crippen MR) is 120 cm³/mol. The second-order valence-electron chi connectivity index (χ2n) is 7.85. The van der Waals surface area contributed by atoms with Gasteiger partial charge in [0.15, 0.2) is 5.82 Å². The van der Waals surface area contributed by atoms with E-state index in [4.69, 9.17) is 9.15 Å². The van der Waals surface area contributed by atoms with Crippen LogP contribution in [0.3, 0.4) is 0 Å². The Labute approximate surface area is 184 Å². The topological polar surface area (TPSA) is 77.3 Å². The number of rotatable bonds is 6. The highest BCUT2D eigenvalue weighted by molar-refractivity contribution is 9.10. The Morgan fingerprint density at radius 2 is 2.07 bits per heavy atom. The van der Waals surface area contributed by atoms with Gasteiger partial charge < -0.3 is 14.5 Å². The van der Waals surface area contributed by atoms with Crippen LogP contribution in [-0.4, -0.2) is 21.5 Å². The van der Waals surface area contributed by atoms with Crippen LogP contribution in [0.5, 0.6) is 0 Å². The number of ether oxygens (including phenoxy) is 1. The van der Waals surface area contributed by atoms with Gasteiger partial charge in [0.05, 0.1) is 18.2 Å². The van der Waals surface area contributed by atoms with Gasteiger partial charge in [-0.05, 0) is 61.3 Å². The fourth-order valence-electron chi connectivity index (χ4n) is 2.77. The van der Waals surface area contributed by atoms with Crippen LogP contribution in [-0.2, 0) is 16.0 Å². The molecule has 2 heterocycles. The lowest BCUT2D eigenvalue weighted by molar-refractivity contribution is -0.149. The molecule has 0 aliphatic carbocycles. The zero-order chi connectivity index (χ0) is 21.7. The second-order valence-corrected chi connectivity index (χ2v) is 8.67. The molecule has 0 radical (unpaired) electrons. The molecule has 0 atom stereocenters. The number of carbonyl (C=O) groups excluding carboxylic acids is 1. The molecule has 2 aromatic heterocycles. The molecule has 3 rings (SSSR count). The van der Waals surface area contributed by atoms with E-state index < -0.39 is 11.6 Å². The molecule has 0 aliphatic heterocycles. The number of halogens is 1. The minimum atomic E-state index is -0.642. The Kier molecular flexibility index (Phi) is 6.72. The maximum absolute atomic E-state index is 12.8. The molecule has 0 spiro atoms. The summed E-state index contributed by atoms with van der Waals surface area (Å²) in [7, 11) is 0. The molecule has 3 aromatic rings. The quantitative estimate of drug-likeness (QED) is 0.377. The van der Waals surface area contributed by atoms with Gasteiger partial charge in [-0.3, -0.25) is 0 Å². The average Bonchev–Trinajstić information content (AvgIpc) is 3.15. The van der Waals surface area contributed by atoms with Crippen molar-refractivity contribution >= 4 is 33.8 Å². The summed E-state index contributed by atoms with van der Waals surface area (Å²) in [5.74, 6) is 0.488. The van der Waals surface area contributed by atoms with Gasteiger partial charge in [-0.25, -0.2) is 14.8 Å². The van der Waals surface area contributed by atoms with E-state index in [1.807, 2.05) is 45.9 Å². The van der Waals surface area contributed by atoms with E-state index in [1.165, 1.54) is 0 Å². The normalized spacial score (nSPS) is 12.0. The third-order valence-electron chi connectivity index (χ3n) is 3.97. The summed E-state index contributed by atoms with van der Waals surface area (Å²) in [5, 5.41) is 3.10. The van der Waals surface area contributed by atoms with Crippen LogP contribution in [0.4, 0.5) is 5.82 Å². The van der Waals surface area contributed by atoms with Crippen LogP contribution in [0.2, 0.25) is 0 Å². The fraction of sp³-hybridized carbons (Fsp3) is 0.261. The number of aromatic nitrogens is 2. The summed E-state index contributed by atoms with van der Waals surface area (Å²) < 4.78 is 11.5. The maximum Gasteiger partial charge on any atom is 0.355 e. The Balaban J connectivity index is 1.95. The summed E-state index contributed by atoms with van der Waals surface area (Å²) in [6.45, 7) is 7.50. The number of anilines is 1. The van der Waals surface area contributed by atoms with Crippen molar-refractivity contribution in [2.45, 2.75) is 39.7 Å². The van der Waals surface area contributed by atoms with E-state index in [0.717, 1.165) is 11.1 Å². The van der Waals surface area contributed by atoms with E-state index in [9.17, 15) is 4.79 Å². The summed E-state index contributed by atoms with van der Waals surface area (Å²) in [6.07, 6.45) is 5.27. The van der Waals surface area contributed by atoms with Crippen LogP contribution >= 0.6 is 15.9 Å². The average molecular weight is 470 g/mol. The molecule has 7 heteroatoms. The van der Waals surface area contributed by atoms with E-state index in [0.29, 0.717) is 28.3 Å². The molecular weight excluding hydrogens is 446 g/mol. The zero-order valence-electron chi connectivity index (χ0n) is 17.4. The van der Waals surface area contributed by atoms with Gasteiger partial charge in [-0.2, -0.15) is 0 Å². The molecule has 6 nitrogen and oxygen atoms in total. The molecule has 0 bridgehead atoms. The number of hydrogen-bond acceptors (Lipinski definition) is 6. The first-order valence-corrected chi connectivity index (χ1v) is 10.3. The summed E-state index contributed by atoms with van der Waals surface area (Å²) >= 11 is 3.39. The van der Waals surface area contributed by atoms with Crippen LogP contribution in [0.25, 0.3) is 6.08 Å². The van der Waals surface area contributed by atoms with E-state index in [-0.39, 0.29) is 5.70 Å². The molecule has 0 saturated carbocycles. The fourth-order valence-corrected chi connectivity index (χ4v) is 3.08. The minimum absolute atomic E-state index is 0.210. The number of carbonyl (C=O) groups is 1. The van der Waals surface area contributed by atoms with Gasteiger partial charge in [0.1, 0.15) is 21.7 Å². The first-order valence-electron chi connectivity index (χ1n) is 9.52. The second kappa shape index (κ2) is 9.26. The lowest BCUT2D eigenvalue weighted by atomic mass is 10.1. The highest BCUT2D eigenvalue weighted by atomic mass is 79.9. The third kappa shape index (κ3) is 6.29. The van der Waals surface area contributed by atoms with E-state index in [2.05, 4.69) is 37.3 Å². The molecule has 1 aromatic carbocycles. The van der Waals surface area contributed by atoms with Crippen molar-refractivity contribution in [3.05, 3.63) is 81.7 Å². The van der Waals surface area contributed by atoms with Gasteiger partial charge in [0.2, 0.25) is 0 Å². The van der Waals surface area contributed by atoms with Crippen molar-refractivity contribution in [2.75, 3.05) is 5.32 Å². The smallest absolute Gasteiger partial charge is 0.355 e. The van der Waals surface area contributed by atoms with Gasteiger partial charge in [0, 0.05) is 12.5 Å². The maximum atomic E-state index is 12.8. The number of furan rings is 1. The lowest BCUT2D eigenvalue weighted by Crippen LogP contribution is -2.27. The van der Waals surface area contributed by atoms with Crippen molar-refractivity contribution in [3.8, 4) is 0 Å². The van der Waals surface area contributed by atoms with Crippen LogP contribution < -0.4 is 5.32 Å². The molecule has 156 valence electrons. The Hall–Kier alpha value is -2.93. The van der Waals surface area contributed by atoms with Crippen molar-refractivity contribution in [1.82, 2.24) is 9.97 Å². The predicted octanol–water partition coefficient (Wildman–Crippen LogP) is 5.53. The van der Waals surface area contributed by atoms with Gasteiger partial charge in [-0.15, -0.1) is 0 Å². The molecule has 0 unspecified atom stereocenters. The van der Waals surface area contributed by atoms with Crippen molar-refractivity contribution in [3.63, 3.8) is 0 Å². The SMILES string of the molecule is Cc1cccc(Cc2nc(Br)cnc2NC(=Cc2ccco2)C(=O)OC(C)(C)C)c1. The molecule has 0 saturated heterocycles. The number of nitrogens with zero attached hydrogens (tertiary/aromatic N) is 2. The minimum Gasteiger partial charge on any atom is -0.465 e. The molecule has 1 N–H and O–H groups in total. The van der Waals surface area contributed by atoms with Gasteiger partial charge in [0.25, 0.3) is 0 Å². The summed E-state index contributed by atoms with van der Waals surface area (Å²) in [4.78, 5) is 21.8. The Morgan fingerprint density at radius 3 is 2.73 bits per heavy atom. The van der Waals surface area contributed by atoms with Crippen LogP contribution in [0.1, 0.15) is 43.4 Å². The van der Waals surface area contributed by atoms with E-state index in [1.54, 1.807) is 30.7 Å². The van der Waals surface area contributed by atoms with Crippen molar-refractivity contribution < 1.29 is 13.9 Å². The number of aryl methyl sites for hydroxylation is 1. The first kappa shape index (κ1) is 21.8. The molecule has 0 fully saturated rings. The van der Waals surface area contributed by atoms with Crippen molar-refractivity contribution in [1.29, 1.82) is 0 Å². The molecule has 30 heavy (non-hydrogen) atoms. The summed E-state index contributed by atoms with van der Waals surface area (Å²) in [5.41, 5.74) is 2.53. The van der Waals surface area contributed by atoms with Crippen molar-refractivity contribution in [2.24, 2.45) is 0 Å². The Bertz CT molecular complexity index is 1050. The monoisotopic (exact) mass is 469 g/mol. The standard InChI is InChI=1S/C23H24BrN3O3/c1-15-7-5-8-16(11-15)12-18-21(25-14-20(24)26-18)27-19(13-17-9-6-10-29-17)22(28)30-23(2,3)4/h5-11,13-14H,12H2,1-4H3,(H,25,27). The zero-order valence-corrected chi connectivity index (χ0v) is 19.0. The highest BCUT2D eigenvalue weighted by Crippen LogP contribution is 2.22. The largest absolute Gasteiger partial charge is 0.465 e. The number of nitrogens with one attached hydrogen (secondary N) is 1. The van der Waals surface area contributed by atoms with E-state index >= 15 is 0 Å². The van der Waals surface area contributed by atoms with Crippen LogP contribution in [0.15, 0.2) is 63.6 Å². The molecule has 0 amide bonds. The number of benzene rings is 1. The third-order valence-corrected chi connectivity index (χ3v) is 4.35. The Morgan fingerprint density at radius 1 is 1.27 bits per heavy atom. The van der Waals surface area contributed by atoms with Gasteiger partial charge in [-0.1, -0.05) is 29.8 Å². The first-order chi connectivity index (χ1) is 14.2. The van der Waals surface area contributed by atoms with Gasteiger partial charge >= 0.3 is 5.97 Å². The highest BCUT2D eigenvalue weighted by Gasteiger charge is 2.22. The van der Waals surface area contributed by atoms with Crippen LogP contribution in [0, 0.1) is 6.92 Å².